The Bertz CT molecular complexity index is 1480. The molecule has 0 N–H and O–H groups in total. The molecule has 206 valence electrons. The minimum absolute atomic E-state index is 0.141. The molecule has 3 aromatic rings. The van der Waals surface area contributed by atoms with Crippen LogP contribution in [0.15, 0.2) is 45.8 Å². The fraction of sp³-hybridized carbons (Fsp3) is 0.333. The van der Waals surface area contributed by atoms with E-state index >= 15 is 0 Å². The number of halogens is 6. The van der Waals surface area contributed by atoms with E-state index in [0.29, 0.717) is 40.3 Å². The fourth-order valence-corrected chi connectivity index (χ4v) is 5.47. The van der Waals surface area contributed by atoms with E-state index in [1.807, 2.05) is 4.90 Å². The number of amides is 1. The molecule has 0 aliphatic carbocycles. The molecule has 2 aliphatic heterocycles. The summed E-state index contributed by atoms with van der Waals surface area (Å²) >= 11 is 7.07. The molecule has 1 atom stereocenters. The lowest BCUT2D eigenvalue weighted by molar-refractivity contribution is -0.139. The molecule has 0 spiro atoms. The summed E-state index contributed by atoms with van der Waals surface area (Å²) in [5.74, 6) is -1.96. The Balaban J connectivity index is 1.19. The zero-order chi connectivity index (χ0) is 27.9. The number of hydrogen-bond donors (Lipinski definition) is 0. The Morgan fingerprint density at radius 2 is 1.85 bits per heavy atom. The second kappa shape index (κ2) is 10.6. The van der Waals surface area contributed by atoms with Crippen molar-refractivity contribution < 1.29 is 31.6 Å². The Kier molecular flexibility index (Phi) is 7.33. The molecule has 39 heavy (non-hydrogen) atoms. The van der Waals surface area contributed by atoms with Crippen molar-refractivity contribution in [2.45, 2.75) is 25.2 Å². The van der Waals surface area contributed by atoms with Gasteiger partial charge in [0.05, 0.1) is 10.6 Å². The lowest BCUT2D eigenvalue weighted by atomic mass is 10.0. The summed E-state index contributed by atoms with van der Waals surface area (Å²) in [7, 11) is 0. The molecule has 0 radical (unpaired) electrons. The highest BCUT2D eigenvalue weighted by Crippen LogP contribution is 2.34. The minimum Gasteiger partial charge on any atom is -0.387 e. The minimum atomic E-state index is -4.89. The van der Waals surface area contributed by atoms with Crippen molar-refractivity contribution in [3.05, 3.63) is 79.7 Å². The maximum Gasteiger partial charge on any atom is 0.421 e. The first kappa shape index (κ1) is 27.1. The molecule has 1 saturated heterocycles. The third-order valence-corrected chi connectivity index (χ3v) is 7.45. The SMILES string of the molecule is O=C(Cn1cc(Cl)cc(C(F)(F)F)c1=O)N1CCN(c2nc(C3=NOC(c4c(F)cccc4F)C3)cs2)CC1. The Morgan fingerprint density at radius 1 is 1.15 bits per heavy atom. The summed E-state index contributed by atoms with van der Waals surface area (Å²) < 4.78 is 68.2. The van der Waals surface area contributed by atoms with Crippen LogP contribution in [0.3, 0.4) is 0 Å². The molecular weight excluding hydrogens is 569 g/mol. The molecule has 4 heterocycles. The van der Waals surface area contributed by atoms with Gasteiger partial charge < -0.3 is 19.2 Å². The van der Waals surface area contributed by atoms with Gasteiger partial charge >= 0.3 is 6.18 Å². The van der Waals surface area contributed by atoms with E-state index in [9.17, 15) is 31.5 Å². The van der Waals surface area contributed by atoms with Gasteiger partial charge in [0.2, 0.25) is 5.91 Å². The van der Waals surface area contributed by atoms with E-state index < -0.39 is 47.5 Å². The van der Waals surface area contributed by atoms with E-state index in [1.165, 1.54) is 22.3 Å². The highest BCUT2D eigenvalue weighted by Gasteiger charge is 2.35. The number of hydrogen-bond acceptors (Lipinski definition) is 7. The lowest BCUT2D eigenvalue weighted by Gasteiger charge is -2.34. The second-order valence-corrected chi connectivity index (χ2v) is 10.1. The van der Waals surface area contributed by atoms with Crippen molar-refractivity contribution >= 4 is 39.7 Å². The fourth-order valence-electron chi connectivity index (χ4n) is 4.36. The van der Waals surface area contributed by atoms with Crippen LogP contribution in [0.4, 0.5) is 27.1 Å². The number of thiazole rings is 1. The van der Waals surface area contributed by atoms with Crippen LogP contribution in [0.2, 0.25) is 5.02 Å². The average Bonchev–Trinajstić information content (AvgIpc) is 3.56. The number of piperazine rings is 1. The molecule has 0 saturated carbocycles. The van der Waals surface area contributed by atoms with Crippen LogP contribution in [0, 0.1) is 11.6 Å². The van der Waals surface area contributed by atoms with Crippen LogP contribution in [-0.2, 0) is 22.4 Å². The van der Waals surface area contributed by atoms with Crippen molar-refractivity contribution in [1.82, 2.24) is 14.5 Å². The number of pyridine rings is 1. The van der Waals surface area contributed by atoms with Gasteiger partial charge in [0, 0.05) is 44.2 Å². The van der Waals surface area contributed by atoms with Crippen LogP contribution in [0.25, 0.3) is 0 Å². The maximum absolute atomic E-state index is 14.1. The standard InChI is InChI=1S/C24H19ClF5N5O3S/c25-13-8-14(24(28,29)30)22(37)35(10-13)11-20(36)33-4-6-34(7-5-33)23-31-18(12-39-23)17-9-19(38-32-17)21-15(26)2-1-3-16(21)27/h1-3,8,10,12,19H,4-7,9,11H2. The van der Waals surface area contributed by atoms with E-state index in [4.69, 9.17) is 16.4 Å². The van der Waals surface area contributed by atoms with Crippen molar-refractivity contribution in [2.75, 3.05) is 31.1 Å². The molecule has 1 amide bonds. The van der Waals surface area contributed by atoms with Gasteiger partial charge in [0.15, 0.2) is 11.2 Å². The summed E-state index contributed by atoms with van der Waals surface area (Å²) in [5, 5.41) is 6.05. The summed E-state index contributed by atoms with van der Waals surface area (Å²) in [5.41, 5.74) is -2.01. The highest BCUT2D eigenvalue weighted by atomic mass is 35.5. The van der Waals surface area contributed by atoms with Gasteiger partial charge in [0.1, 0.15) is 35.1 Å². The summed E-state index contributed by atoms with van der Waals surface area (Å²) in [6, 6.07) is 4.11. The Morgan fingerprint density at radius 3 is 2.51 bits per heavy atom. The molecular formula is C24H19ClF5N5O3S. The number of aromatic nitrogens is 2. The van der Waals surface area contributed by atoms with Gasteiger partial charge in [-0.1, -0.05) is 22.8 Å². The van der Waals surface area contributed by atoms with Crippen molar-refractivity contribution in [3.63, 3.8) is 0 Å². The van der Waals surface area contributed by atoms with Crippen LogP contribution in [0.1, 0.15) is 29.3 Å². The third-order valence-electron chi connectivity index (χ3n) is 6.34. The third kappa shape index (κ3) is 5.62. The van der Waals surface area contributed by atoms with Crippen LogP contribution in [-0.4, -0.2) is 52.2 Å². The van der Waals surface area contributed by atoms with Gasteiger partial charge in [0.25, 0.3) is 5.56 Å². The Labute approximate surface area is 226 Å². The number of anilines is 1. The van der Waals surface area contributed by atoms with Gasteiger partial charge in [-0.05, 0) is 18.2 Å². The van der Waals surface area contributed by atoms with E-state index in [1.54, 1.807) is 5.38 Å². The van der Waals surface area contributed by atoms with Crippen molar-refractivity contribution in [3.8, 4) is 0 Å². The van der Waals surface area contributed by atoms with Gasteiger partial charge in [-0.2, -0.15) is 13.2 Å². The molecule has 15 heteroatoms. The summed E-state index contributed by atoms with van der Waals surface area (Å²) in [6.07, 6.45) is -4.65. The molecule has 2 aromatic heterocycles. The van der Waals surface area contributed by atoms with Gasteiger partial charge in [-0.3, -0.25) is 9.59 Å². The van der Waals surface area contributed by atoms with E-state index in [-0.39, 0.29) is 30.1 Å². The zero-order valence-electron chi connectivity index (χ0n) is 19.9. The van der Waals surface area contributed by atoms with E-state index in [2.05, 4.69) is 10.1 Å². The van der Waals surface area contributed by atoms with Crippen LogP contribution >= 0.6 is 22.9 Å². The van der Waals surface area contributed by atoms with Crippen molar-refractivity contribution in [1.29, 1.82) is 0 Å². The molecule has 1 fully saturated rings. The average molecular weight is 588 g/mol. The predicted molar refractivity (Wildman–Crippen MR) is 133 cm³/mol. The zero-order valence-corrected chi connectivity index (χ0v) is 21.5. The highest BCUT2D eigenvalue weighted by molar-refractivity contribution is 7.14. The first-order valence-corrected chi connectivity index (χ1v) is 12.9. The number of rotatable bonds is 5. The number of oxime groups is 1. The molecule has 1 aromatic carbocycles. The predicted octanol–water partition coefficient (Wildman–Crippen LogP) is 4.47. The quantitative estimate of drug-likeness (QED) is 0.412. The number of carbonyl (C=O) groups excluding carboxylic acids is 1. The molecule has 5 rings (SSSR count). The monoisotopic (exact) mass is 587 g/mol. The summed E-state index contributed by atoms with van der Waals surface area (Å²) in [6.45, 7) is 0.723. The normalized spacial score (nSPS) is 17.8. The molecule has 0 bridgehead atoms. The number of alkyl halides is 3. The van der Waals surface area contributed by atoms with E-state index in [0.717, 1.165) is 18.3 Å². The largest absolute Gasteiger partial charge is 0.421 e. The smallest absolute Gasteiger partial charge is 0.387 e. The first-order chi connectivity index (χ1) is 18.5. The molecule has 1 unspecified atom stereocenters. The van der Waals surface area contributed by atoms with Crippen LogP contribution in [0.5, 0.6) is 0 Å². The lowest BCUT2D eigenvalue weighted by Crippen LogP contribution is -2.50. The van der Waals surface area contributed by atoms with Crippen molar-refractivity contribution in [2.24, 2.45) is 5.16 Å². The van der Waals surface area contributed by atoms with Crippen LogP contribution < -0.4 is 10.5 Å². The number of benzene rings is 1. The van der Waals surface area contributed by atoms with Gasteiger partial charge in [-0.15, -0.1) is 11.3 Å². The summed E-state index contributed by atoms with van der Waals surface area (Å²) in [4.78, 5) is 38.2. The number of nitrogens with zero attached hydrogens (tertiary/aromatic N) is 5. The Hall–Kier alpha value is -3.52. The molecule has 2 aliphatic rings. The first-order valence-electron chi connectivity index (χ1n) is 11.6. The second-order valence-electron chi connectivity index (χ2n) is 8.86. The number of carbonyl (C=O) groups is 1. The maximum atomic E-state index is 14.1. The topological polar surface area (TPSA) is 80.0 Å². The van der Waals surface area contributed by atoms with Gasteiger partial charge in [-0.25, -0.2) is 13.8 Å². The molecule has 8 nitrogen and oxygen atoms in total.